The summed E-state index contributed by atoms with van der Waals surface area (Å²) in [4.78, 5) is 47.8. The molecule has 0 aliphatic carbocycles. The minimum atomic E-state index is -0.766. The van der Waals surface area contributed by atoms with E-state index in [1.165, 1.54) is 30.4 Å². The molecular formula is C18H16N2O7S. The Hall–Kier alpha value is -3.40. The van der Waals surface area contributed by atoms with Gasteiger partial charge in [0.2, 0.25) is 6.79 Å². The highest BCUT2D eigenvalue weighted by Gasteiger charge is 2.21. The van der Waals surface area contributed by atoms with Crippen LogP contribution in [0.15, 0.2) is 29.6 Å². The number of ether oxygens (including phenoxy) is 3. The number of hydrogen-bond acceptors (Lipinski definition) is 8. The summed E-state index contributed by atoms with van der Waals surface area (Å²) in [6.45, 7) is 0.439. The molecule has 2 amide bonds. The van der Waals surface area contributed by atoms with E-state index in [1.807, 2.05) is 0 Å². The van der Waals surface area contributed by atoms with Gasteiger partial charge in [0, 0.05) is 11.6 Å². The lowest BCUT2D eigenvalue weighted by Gasteiger charge is -2.11. The van der Waals surface area contributed by atoms with Gasteiger partial charge in [0.05, 0.1) is 10.6 Å². The van der Waals surface area contributed by atoms with Gasteiger partial charge in [-0.3, -0.25) is 19.2 Å². The minimum Gasteiger partial charge on any atom is -0.454 e. The van der Waals surface area contributed by atoms with Crippen molar-refractivity contribution in [3.8, 4) is 11.5 Å². The van der Waals surface area contributed by atoms with E-state index in [0.29, 0.717) is 16.4 Å². The first-order valence-corrected chi connectivity index (χ1v) is 9.04. The fourth-order valence-electron chi connectivity index (χ4n) is 2.37. The van der Waals surface area contributed by atoms with Crippen LogP contribution in [-0.2, 0) is 14.3 Å². The van der Waals surface area contributed by atoms with Gasteiger partial charge in [-0.25, -0.2) is 0 Å². The minimum absolute atomic E-state index is 0.0267. The molecule has 0 unspecified atom stereocenters. The van der Waals surface area contributed by atoms with Crippen molar-refractivity contribution in [3.63, 3.8) is 0 Å². The van der Waals surface area contributed by atoms with Gasteiger partial charge in [0.15, 0.2) is 23.9 Å². The summed E-state index contributed by atoms with van der Waals surface area (Å²) in [6.07, 6.45) is 0. The third-order valence-electron chi connectivity index (χ3n) is 3.67. The Morgan fingerprint density at radius 2 is 1.93 bits per heavy atom. The Bertz CT molecular complexity index is 924. The molecule has 1 aliphatic heterocycles. The molecule has 9 nitrogen and oxygen atoms in total. The van der Waals surface area contributed by atoms with Crippen molar-refractivity contribution in [1.29, 1.82) is 0 Å². The summed E-state index contributed by atoms with van der Waals surface area (Å²) >= 11 is 1.24. The Kier molecular flexibility index (Phi) is 5.90. The maximum atomic E-state index is 12.1. The number of rotatable bonds is 7. The van der Waals surface area contributed by atoms with Crippen molar-refractivity contribution in [2.24, 2.45) is 0 Å². The van der Waals surface area contributed by atoms with Crippen LogP contribution in [0.5, 0.6) is 11.5 Å². The second kappa shape index (κ2) is 8.53. The Labute approximate surface area is 163 Å². The molecule has 0 saturated heterocycles. The quantitative estimate of drug-likeness (QED) is 0.531. The van der Waals surface area contributed by atoms with Crippen LogP contribution in [0.3, 0.4) is 0 Å². The largest absolute Gasteiger partial charge is 0.454 e. The fourth-order valence-corrected chi connectivity index (χ4v) is 3.01. The number of nitrogens with one attached hydrogen (secondary N) is 2. The van der Waals surface area contributed by atoms with E-state index in [4.69, 9.17) is 14.2 Å². The molecule has 2 aromatic rings. The van der Waals surface area contributed by atoms with Crippen molar-refractivity contribution < 1.29 is 33.4 Å². The van der Waals surface area contributed by atoms with E-state index >= 15 is 0 Å². The first-order chi connectivity index (χ1) is 13.4. The standard InChI is InChI=1S/C18H16N2O7S/c1-10(21)11-5-13-14(27-9-26-13)6-12(11)20-16(22)8-25-17(23)7-19-18(24)15-3-2-4-28-15/h2-6H,7-9H2,1H3,(H,19,24)(H,20,22). The lowest BCUT2D eigenvalue weighted by Crippen LogP contribution is -2.32. The average molecular weight is 404 g/mol. The zero-order valence-corrected chi connectivity index (χ0v) is 15.6. The van der Waals surface area contributed by atoms with Gasteiger partial charge in [-0.05, 0) is 24.4 Å². The smallest absolute Gasteiger partial charge is 0.325 e. The van der Waals surface area contributed by atoms with Gasteiger partial charge in [0.25, 0.3) is 11.8 Å². The Balaban J connectivity index is 1.51. The molecule has 0 spiro atoms. The van der Waals surface area contributed by atoms with E-state index in [-0.39, 0.29) is 30.4 Å². The lowest BCUT2D eigenvalue weighted by atomic mass is 10.1. The van der Waals surface area contributed by atoms with E-state index in [1.54, 1.807) is 17.5 Å². The zero-order valence-electron chi connectivity index (χ0n) is 14.8. The summed E-state index contributed by atoms with van der Waals surface area (Å²) in [5.41, 5.74) is 0.468. The SMILES string of the molecule is CC(=O)c1cc2c(cc1NC(=O)COC(=O)CNC(=O)c1cccs1)OCO2. The third kappa shape index (κ3) is 4.65. The van der Waals surface area contributed by atoms with Gasteiger partial charge < -0.3 is 24.8 Å². The Morgan fingerprint density at radius 1 is 1.18 bits per heavy atom. The summed E-state index contributed by atoms with van der Waals surface area (Å²) in [7, 11) is 0. The zero-order chi connectivity index (χ0) is 20.1. The van der Waals surface area contributed by atoms with Crippen LogP contribution >= 0.6 is 11.3 Å². The van der Waals surface area contributed by atoms with Crippen LogP contribution in [0.1, 0.15) is 27.0 Å². The van der Waals surface area contributed by atoms with E-state index in [0.717, 1.165) is 0 Å². The number of esters is 1. The number of Topliss-reactive ketones (excluding diaryl/α,β-unsaturated/α-hetero) is 1. The molecule has 1 aliphatic rings. The first kappa shape index (κ1) is 19.4. The van der Waals surface area contributed by atoms with Crippen LogP contribution in [0, 0.1) is 0 Å². The average Bonchev–Trinajstić information content (AvgIpc) is 3.35. The summed E-state index contributed by atoms with van der Waals surface area (Å²) in [6, 6.07) is 6.29. The van der Waals surface area contributed by atoms with Crippen LogP contribution < -0.4 is 20.1 Å². The summed E-state index contributed by atoms with van der Waals surface area (Å²) < 4.78 is 15.3. The number of benzene rings is 1. The summed E-state index contributed by atoms with van der Waals surface area (Å²) in [5, 5.41) is 6.65. The van der Waals surface area contributed by atoms with Crippen molar-refractivity contribution in [2.45, 2.75) is 6.92 Å². The van der Waals surface area contributed by atoms with Crippen molar-refractivity contribution in [2.75, 3.05) is 25.3 Å². The number of thiophene rings is 1. The van der Waals surface area contributed by atoms with Gasteiger partial charge in [-0.2, -0.15) is 0 Å². The highest BCUT2D eigenvalue weighted by Crippen LogP contribution is 2.37. The normalized spacial score (nSPS) is 11.6. The molecule has 2 N–H and O–H groups in total. The van der Waals surface area contributed by atoms with Crippen LogP contribution in [0.4, 0.5) is 5.69 Å². The summed E-state index contributed by atoms with van der Waals surface area (Å²) in [5.74, 6) is -1.27. The van der Waals surface area contributed by atoms with Crippen molar-refractivity contribution in [3.05, 3.63) is 40.1 Å². The van der Waals surface area contributed by atoms with E-state index in [2.05, 4.69) is 10.6 Å². The van der Waals surface area contributed by atoms with E-state index in [9.17, 15) is 19.2 Å². The number of amides is 2. The van der Waals surface area contributed by atoms with Gasteiger partial charge in [-0.1, -0.05) is 6.07 Å². The van der Waals surface area contributed by atoms with Crippen LogP contribution in [-0.4, -0.2) is 43.5 Å². The van der Waals surface area contributed by atoms with Gasteiger partial charge in [-0.15, -0.1) is 11.3 Å². The lowest BCUT2D eigenvalue weighted by molar-refractivity contribution is -0.146. The maximum absolute atomic E-state index is 12.1. The Morgan fingerprint density at radius 3 is 2.61 bits per heavy atom. The highest BCUT2D eigenvalue weighted by molar-refractivity contribution is 7.12. The molecule has 10 heteroatoms. The molecule has 3 rings (SSSR count). The molecule has 0 fully saturated rings. The molecule has 1 aromatic carbocycles. The second-order valence-corrected chi connectivity index (χ2v) is 6.62. The number of hydrogen-bond donors (Lipinski definition) is 2. The second-order valence-electron chi connectivity index (χ2n) is 5.68. The van der Waals surface area contributed by atoms with Crippen LogP contribution in [0.25, 0.3) is 0 Å². The van der Waals surface area contributed by atoms with E-state index < -0.39 is 24.4 Å². The van der Waals surface area contributed by atoms with Crippen molar-refractivity contribution >= 4 is 40.6 Å². The number of carbonyl (C=O) groups is 4. The molecule has 0 atom stereocenters. The molecule has 28 heavy (non-hydrogen) atoms. The molecule has 1 aromatic heterocycles. The number of carbonyl (C=O) groups excluding carboxylic acids is 4. The maximum Gasteiger partial charge on any atom is 0.325 e. The predicted octanol–water partition coefficient (Wildman–Crippen LogP) is 1.59. The first-order valence-electron chi connectivity index (χ1n) is 8.16. The molecule has 0 radical (unpaired) electrons. The van der Waals surface area contributed by atoms with Gasteiger partial charge in [0.1, 0.15) is 6.54 Å². The predicted molar refractivity (Wildman–Crippen MR) is 98.8 cm³/mol. The molecular weight excluding hydrogens is 388 g/mol. The highest BCUT2D eigenvalue weighted by atomic mass is 32.1. The topological polar surface area (TPSA) is 120 Å². The number of anilines is 1. The number of ketones is 1. The third-order valence-corrected chi connectivity index (χ3v) is 4.54. The molecule has 0 bridgehead atoms. The molecule has 146 valence electrons. The molecule has 2 heterocycles. The molecule has 0 saturated carbocycles. The number of fused-ring (bicyclic) bond motifs is 1. The van der Waals surface area contributed by atoms with Crippen molar-refractivity contribution in [1.82, 2.24) is 5.32 Å². The monoisotopic (exact) mass is 404 g/mol. The van der Waals surface area contributed by atoms with Gasteiger partial charge >= 0.3 is 5.97 Å². The van der Waals surface area contributed by atoms with Crippen LogP contribution in [0.2, 0.25) is 0 Å². The fraction of sp³-hybridized carbons (Fsp3) is 0.222.